The molecule has 2 aromatic carbocycles. The van der Waals surface area contributed by atoms with Gasteiger partial charge in [0.2, 0.25) is 0 Å². The van der Waals surface area contributed by atoms with Crippen molar-refractivity contribution in [3.05, 3.63) is 67.6 Å². The van der Waals surface area contributed by atoms with Crippen LogP contribution in [0.5, 0.6) is 5.75 Å². The highest BCUT2D eigenvalue weighted by atomic mass is 79.9. The highest BCUT2D eigenvalue weighted by Crippen LogP contribution is 2.27. The molecule has 0 atom stereocenters. The van der Waals surface area contributed by atoms with Gasteiger partial charge in [0.1, 0.15) is 24.0 Å². The Morgan fingerprint density at radius 3 is 2.62 bits per heavy atom. The molecule has 7 heteroatoms. The van der Waals surface area contributed by atoms with E-state index in [9.17, 15) is 4.79 Å². The molecule has 0 aliphatic carbocycles. The molecule has 2 rings (SSSR count). The van der Waals surface area contributed by atoms with Gasteiger partial charge < -0.3 is 10.5 Å². The van der Waals surface area contributed by atoms with Crippen LogP contribution in [0.25, 0.3) is 6.08 Å². The topological polar surface area (TPSA) is 76.1 Å². The number of ether oxygens (including phenoxy) is 1. The minimum absolute atomic E-state index is 0.160. The van der Waals surface area contributed by atoms with Crippen molar-refractivity contribution in [1.82, 2.24) is 0 Å². The number of primary amides is 1. The number of carbonyl (C=O) groups is 1. The molecule has 0 saturated carbocycles. The molecule has 0 radical (unpaired) electrons. The van der Waals surface area contributed by atoms with Crippen molar-refractivity contribution in [2.24, 2.45) is 5.73 Å². The normalized spacial score (nSPS) is 11.0. The third-order valence-corrected chi connectivity index (χ3v) is 4.27. The highest BCUT2D eigenvalue weighted by Gasteiger charge is 2.09. The van der Waals surface area contributed by atoms with Crippen LogP contribution in [-0.4, -0.2) is 5.91 Å². The Morgan fingerprint density at radius 1 is 1.25 bits per heavy atom. The van der Waals surface area contributed by atoms with E-state index in [1.54, 1.807) is 42.5 Å². The summed E-state index contributed by atoms with van der Waals surface area (Å²) < 4.78 is 6.54. The fourth-order valence-corrected chi connectivity index (χ4v) is 2.57. The number of amides is 1. The fraction of sp³-hybridized carbons (Fsp3) is 0.0588. The predicted octanol–water partition coefficient (Wildman–Crippen LogP) is 4.73. The number of halogens is 3. The third kappa shape index (κ3) is 4.75. The number of hydrogen-bond acceptors (Lipinski definition) is 3. The number of benzene rings is 2. The maximum Gasteiger partial charge on any atom is 0.259 e. The molecule has 0 spiro atoms. The minimum Gasteiger partial charge on any atom is -0.488 e. The lowest BCUT2D eigenvalue weighted by Gasteiger charge is -2.11. The number of nitriles is 1. The molecule has 0 bridgehead atoms. The lowest BCUT2D eigenvalue weighted by atomic mass is 10.1. The number of hydrogen-bond donors (Lipinski definition) is 1. The van der Waals surface area contributed by atoms with E-state index in [-0.39, 0.29) is 12.2 Å². The Hall–Kier alpha value is -2.00. The van der Waals surface area contributed by atoms with Gasteiger partial charge in [-0.1, -0.05) is 45.2 Å². The molecule has 0 aliphatic rings. The Morgan fingerprint density at radius 2 is 2.00 bits per heavy atom. The van der Waals surface area contributed by atoms with E-state index in [1.165, 1.54) is 6.08 Å². The summed E-state index contributed by atoms with van der Waals surface area (Å²) in [4.78, 5) is 11.2. The Balaban J connectivity index is 2.29. The van der Waals surface area contributed by atoms with Crippen LogP contribution in [0.4, 0.5) is 0 Å². The van der Waals surface area contributed by atoms with E-state index in [4.69, 9.17) is 38.9 Å². The quantitative estimate of drug-likeness (QED) is 0.555. The number of rotatable bonds is 5. The average molecular weight is 426 g/mol. The molecule has 24 heavy (non-hydrogen) atoms. The average Bonchev–Trinajstić information content (AvgIpc) is 2.54. The highest BCUT2D eigenvalue weighted by molar-refractivity contribution is 9.10. The van der Waals surface area contributed by atoms with Crippen LogP contribution < -0.4 is 10.5 Å². The Kier molecular flexibility index (Phi) is 6.27. The molecule has 0 unspecified atom stereocenters. The molecule has 2 N–H and O–H groups in total. The number of nitrogens with two attached hydrogens (primary N) is 1. The summed E-state index contributed by atoms with van der Waals surface area (Å²) >= 11 is 15.2. The van der Waals surface area contributed by atoms with E-state index in [0.717, 1.165) is 10.0 Å². The molecule has 1 amide bonds. The van der Waals surface area contributed by atoms with Crippen molar-refractivity contribution in [3.8, 4) is 11.8 Å². The van der Waals surface area contributed by atoms with Crippen LogP contribution in [0, 0.1) is 11.3 Å². The Labute approximate surface area is 157 Å². The van der Waals surface area contributed by atoms with Crippen LogP contribution in [0.3, 0.4) is 0 Å². The number of nitrogens with zero attached hydrogens (tertiary/aromatic N) is 1. The van der Waals surface area contributed by atoms with Crippen molar-refractivity contribution in [1.29, 1.82) is 5.26 Å². The van der Waals surface area contributed by atoms with Crippen LogP contribution in [0.15, 0.2) is 46.4 Å². The van der Waals surface area contributed by atoms with E-state index in [2.05, 4.69) is 15.9 Å². The zero-order valence-corrected chi connectivity index (χ0v) is 15.3. The van der Waals surface area contributed by atoms with Gasteiger partial charge in [-0.05, 0) is 42.0 Å². The van der Waals surface area contributed by atoms with Crippen molar-refractivity contribution in [2.45, 2.75) is 6.61 Å². The summed E-state index contributed by atoms with van der Waals surface area (Å²) in [6.07, 6.45) is 1.39. The van der Waals surface area contributed by atoms with Gasteiger partial charge in [0, 0.05) is 10.0 Å². The number of carbonyl (C=O) groups excluding carboxylic acids is 1. The smallest absolute Gasteiger partial charge is 0.259 e. The zero-order valence-electron chi connectivity index (χ0n) is 12.2. The van der Waals surface area contributed by atoms with Gasteiger partial charge in [0.05, 0.1) is 10.0 Å². The third-order valence-electron chi connectivity index (χ3n) is 3.04. The second-order valence-electron chi connectivity index (χ2n) is 4.75. The van der Waals surface area contributed by atoms with Gasteiger partial charge in [-0.2, -0.15) is 5.26 Å². The second kappa shape index (κ2) is 8.20. The van der Waals surface area contributed by atoms with Gasteiger partial charge in [-0.25, -0.2) is 0 Å². The fourth-order valence-electron chi connectivity index (χ4n) is 1.87. The van der Waals surface area contributed by atoms with Crippen molar-refractivity contribution in [3.63, 3.8) is 0 Å². The lowest BCUT2D eigenvalue weighted by Crippen LogP contribution is -2.12. The molecule has 4 nitrogen and oxygen atoms in total. The molecule has 122 valence electrons. The van der Waals surface area contributed by atoms with Gasteiger partial charge in [0.15, 0.2) is 0 Å². The summed E-state index contributed by atoms with van der Waals surface area (Å²) in [5, 5.41) is 9.89. The maximum atomic E-state index is 11.2. The van der Waals surface area contributed by atoms with Gasteiger partial charge >= 0.3 is 0 Å². The molecular weight excluding hydrogens is 415 g/mol. The van der Waals surface area contributed by atoms with Crippen LogP contribution >= 0.6 is 39.1 Å². The predicted molar refractivity (Wildman–Crippen MR) is 97.7 cm³/mol. The molecule has 0 fully saturated rings. The first-order valence-electron chi connectivity index (χ1n) is 6.68. The van der Waals surface area contributed by atoms with Gasteiger partial charge in [-0.3, -0.25) is 4.79 Å². The first-order valence-corrected chi connectivity index (χ1v) is 8.23. The first kappa shape index (κ1) is 18.3. The maximum absolute atomic E-state index is 11.2. The zero-order chi connectivity index (χ0) is 17.7. The molecule has 0 heterocycles. The minimum atomic E-state index is -0.798. The van der Waals surface area contributed by atoms with Crippen molar-refractivity contribution < 1.29 is 9.53 Å². The molecule has 0 saturated heterocycles. The molecular formula is C17H11BrCl2N2O2. The molecule has 2 aromatic rings. The monoisotopic (exact) mass is 424 g/mol. The van der Waals surface area contributed by atoms with Crippen molar-refractivity contribution >= 4 is 51.1 Å². The summed E-state index contributed by atoms with van der Waals surface area (Å²) in [6, 6.07) is 12.2. The van der Waals surface area contributed by atoms with E-state index >= 15 is 0 Å². The van der Waals surface area contributed by atoms with Crippen LogP contribution in [-0.2, 0) is 11.4 Å². The summed E-state index contributed by atoms with van der Waals surface area (Å²) in [5.41, 5.74) is 6.40. The van der Waals surface area contributed by atoms with E-state index in [0.29, 0.717) is 21.4 Å². The van der Waals surface area contributed by atoms with Gasteiger partial charge in [-0.15, -0.1) is 0 Å². The summed E-state index contributed by atoms with van der Waals surface area (Å²) in [7, 11) is 0. The SMILES string of the molecule is N#C/C(=C\c1cc(Br)ccc1OCc1ccc(Cl)c(Cl)c1)C(N)=O. The lowest BCUT2D eigenvalue weighted by molar-refractivity contribution is -0.114. The molecule has 0 aliphatic heterocycles. The van der Waals surface area contributed by atoms with Crippen LogP contribution in [0.2, 0.25) is 10.0 Å². The summed E-state index contributed by atoms with van der Waals surface area (Å²) in [5.74, 6) is -0.300. The van der Waals surface area contributed by atoms with Crippen molar-refractivity contribution in [2.75, 3.05) is 0 Å². The standard InChI is InChI=1S/C17H11BrCl2N2O2/c18-13-2-4-16(11(7-13)6-12(8-21)17(22)23)24-9-10-1-3-14(19)15(20)5-10/h1-7H,9H2,(H2,22,23)/b12-6+. The van der Waals surface area contributed by atoms with Crippen LogP contribution in [0.1, 0.15) is 11.1 Å². The summed E-state index contributed by atoms with van der Waals surface area (Å²) in [6.45, 7) is 0.248. The molecule has 0 aromatic heterocycles. The Bertz CT molecular complexity index is 860. The van der Waals surface area contributed by atoms with E-state index in [1.807, 2.05) is 0 Å². The second-order valence-corrected chi connectivity index (χ2v) is 6.48. The first-order chi connectivity index (χ1) is 11.4. The largest absolute Gasteiger partial charge is 0.488 e. The van der Waals surface area contributed by atoms with Gasteiger partial charge in [0.25, 0.3) is 5.91 Å². The van der Waals surface area contributed by atoms with E-state index < -0.39 is 5.91 Å².